The molecule has 3 heteroatoms. The molecular formula is C10H11N3. The molecule has 0 amide bonds. The second-order valence-electron chi connectivity index (χ2n) is 2.72. The molecule has 0 aromatic heterocycles. The Morgan fingerprint density at radius 2 is 2.23 bits per heavy atom. The van der Waals surface area contributed by atoms with Crippen LogP contribution in [0.5, 0.6) is 0 Å². The van der Waals surface area contributed by atoms with Crippen molar-refractivity contribution in [2.75, 3.05) is 5.73 Å². The van der Waals surface area contributed by atoms with Gasteiger partial charge in [-0.25, -0.2) is 0 Å². The number of nitrogens with two attached hydrogens (primary N) is 2. The zero-order chi connectivity index (χ0) is 9.84. The van der Waals surface area contributed by atoms with Crippen molar-refractivity contribution >= 4 is 5.69 Å². The Morgan fingerprint density at radius 3 is 2.69 bits per heavy atom. The zero-order valence-corrected chi connectivity index (χ0v) is 7.20. The Hall–Kier alpha value is -1.79. The fourth-order valence-electron chi connectivity index (χ4n) is 1.03. The second-order valence-corrected chi connectivity index (χ2v) is 2.72. The number of rotatable bonds is 2. The molecule has 1 rings (SSSR count). The topological polar surface area (TPSA) is 75.8 Å². The van der Waals surface area contributed by atoms with Gasteiger partial charge in [0, 0.05) is 11.7 Å². The van der Waals surface area contributed by atoms with Crippen LogP contribution < -0.4 is 11.5 Å². The summed E-state index contributed by atoms with van der Waals surface area (Å²) in [7, 11) is 0. The van der Waals surface area contributed by atoms with Gasteiger partial charge in [-0.15, -0.1) is 6.58 Å². The molecule has 1 aromatic carbocycles. The normalized spacial score (nSPS) is 11.7. The fraction of sp³-hybridized carbons (Fsp3) is 0.100. The van der Waals surface area contributed by atoms with E-state index in [9.17, 15) is 0 Å². The summed E-state index contributed by atoms with van der Waals surface area (Å²) in [6.07, 6.45) is 1.63. The fourth-order valence-corrected chi connectivity index (χ4v) is 1.03. The van der Waals surface area contributed by atoms with Gasteiger partial charge in [-0.05, 0) is 17.7 Å². The van der Waals surface area contributed by atoms with Crippen molar-refractivity contribution in [2.24, 2.45) is 5.73 Å². The van der Waals surface area contributed by atoms with Crippen LogP contribution in [0.1, 0.15) is 17.2 Å². The molecule has 0 aliphatic heterocycles. The minimum Gasteiger partial charge on any atom is -0.398 e. The summed E-state index contributed by atoms with van der Waals surface area (Å²) in [5.41, 5.74) is 13.1. The van der Waals surface area contributed by atoms with Gasteiger partial charge in [0.1, 0.15) is 6.07 Å². The highest BCUT2D eigenvalue weighted by molar-refractivity contribution is 5.56. The number of benzene rings is 1. The molecule has 0 spiro atoms. The maximum atomic E-state index is 8.62. The van der Waals surface area contributed by atoms with Crippen molar-refractivity contribution < 1.29 is 0 Å². The van der Waals surface area contributed by atoms with E-state index in [1.807, 2.05) is 6.07 Å². The van der Waals surface area contributed by atoms with Gasteiger partial charge in [-0.2, -0.15) is 5.26 Å². The van der Waals surface area contributed by atoms with E-state index in [1.165, 1.54) is 0 Å². The number of nitriles is 1. The third-order valence-electron chi connectivity index (χ3n) is 1.83. The number of nitrogen functional groups attached to an aromatic ring is 1. The summed E-state index contributed by atoms with van der Waals surface area (Å²) in [5.74, 6) is 0. The van der Waals surface area contributed by atoms with Crippen LogP contribution in [-0.2, 0) is 0 Å². The molecule has 0 aliphatic rings. The highest BCUT2D eigenvalue weighted by Crippen LogP contribution is 2.17. The van der Waals surface area contributed by atoms with Crippen molar-refractivity contribution in [1.29, 1.82) is 5.26 Å². The first-order valence-electron chi connectivity index (χ1n) is 3.86. The van der Waals surface area contributed by atoms with E-state index < -0.39 is 0 Å². The number of hydrogen-bond acceptors (Lipinski definition) is 3. The van der Waals surface area contributed by atoms with Crippen molar-refractivity contribution in [3.05, 3.63) is 42.0 Å². The van der Waals surface area contributed by atoms with Gasteiger partial charge in [-0.3, -0.25) is 0 Å². The van der Waals surface area contributed by atoms with E-state index in [0.29, 0.717) is 11.3 Å². The average molecular weight is 173 g/mol. The highest BCUT2D eigenvalue weighted by atomic mass is 14.6. The minimum absolute atomic E-state index is 0.227. The lowest BCUT2D eigenvalue weighted by molar-refractivity contribution is 0.915. The van der Waals surface area contributed by atoms with Gasteiger partial charge in [0.2, 0.25) is 0 Å². The summed E-state index contributed by atoms with van der Waals surface area (Å²) < 4.78 is 0. The van der Waals surface area contributed by atoms with Crippen LogP contribution in [0, 0.1) is 11.3 Å². The van der Waals surface area contributed by atoms with Crippen LogP contribution in [0.2, 0.25) is 0 Å². The van der Waals surface area contributed by atoms with E-state index in [2.05, 4.69) is 6.58 Å². The van der Waals surface area contributed by atoms with E-state index in [0.717, 1.165) is 5.56 Å². The van der Waals surface area contributed by atoms with Crippen LogP contribution in [0.25, 0.3) is 0 Å². The van der Waals surface area contributed by atoms with Gasteiger partial charge in [-0.1, -0.05) is 12.1 Å². The molecule has 0 bridgehead atoms. The van der Waals surface area contributed by atoms with E-state index in [1.54, 1.807) is 24.3 Å². The van der Waals surface area contributed by atoms with Gasteiger partial charge in [0.15, 0.2) is 0 Å². The van der Waals surface area contributed by atoms with Gasteiger partial charge in [0.25, 0.3) is 0 Å². The standard InChI is InChI=1S/C10H11N3/c1-2-9(12)7-3-4-8(6-11)10(13)5-7/h2-5,9H,1,12-13H2/t9-/m1/s1. The zero-order valence-electron chi connectivity index (χ0n) is 7.20. The molecule has 0 aliphatic carbocycles. The Labute approximate surface area is 77.3 Å². The van der Waals surface area contributed by atoms with Crippen molar-refractivity contribution in [1.82, 2.24) is 0 Å². The maximum Gasteiger partial charge on any atom is 0.101 e. The first-order chi connectivity index (χ1) is 6.19. The Morgan fingerprint density at radius 1 is 1.54 bits per heavy atom. The van der Waals surface area contributed by atoms with Crippen LogP contribution in [0.4, 0.5) is 5.69 Å². The molecule has 3 nitrogen and oxygen atoms in total. The van der Waals surface area contributed by atoms with Gasteiger partial charge >= 0.3 is 0 Å². The molecule has 13 heavy (non-hydrogen) atoms. The predicted octanol–water partition coefficient (Wildman–Crippen LogP) is 1.33. The first-order valence-corrected chi connectivity index (χ1v) is 3.86. The lowest BCUT2D eigenvalue weighted by Crippen LogP contribution is -2.07. The number of anilines is 1. The van der Waals surface area contributed by atoms with Crippen molar-refractivity contribution in [3.63, 3.8) is 0 Å². The summed E-state index contributed by atoms with van der Waals surface area (Å²) in [6.45, 7) is 3.58. The summed E-state index contributed by atoms with van der Waals surface area (Å²) in [5, 5.41) is 8.62. The van der Waals surface area contributed by atoms with Crippen molar-refractivity contribution in [3.8, 4) is 6.07 Å². The summed E-state index contributed by atoms with van der Waals surface area (Å²) in [4.78, 5) is 0. The molecule has 66 valence electrons. The monoisotopic (exact) mass is 173 g/mol. The third-order valence-corrected chi connectivity index (χ3v) is 1.83. The number of nitrogens with zero attached hydrogens (tertiary/aromatic N) is 1. The maximum absolute atomic E-state index is 8.62. The van der Waals surface area contributed by atoms with Crippen LogP contribution in [0.3, 0.4) is 0 Å². The molecule has 0 heterocycles. The Kier molecular flexibility index (Phi) is 2.68. The lowest BCUT2D eigenvalue weighted by atomic mass is 10.0. The smallest absolute Gasteiger partial charge is 0.101 e. The number of hydrogen-bond donors (Lipinski definition) is 2. The molecule has 1 aromatic rings. The van der Waals surface area contributed by atoms with Crippen molar-refractivity contribution in [2.45, 2.75) is 6.04 Å². The van der Waals surface area contributed by atoms with E-state index in [-0.39, 0.29) is 6.04 Å². The third kappa shape index (κ3) is 1.86. The largest absolute Gasteiger partial charge is 0.398 e. The molecule has 0 saturated heterocycles. The first kappa shape index (κ1) is 9.30. The highest BCUT2D eigenvalue weighted by Gasteiger charge is 2.03. The predicted molar refractivity (Wildman–Crippen MR) is 52.7 cm³/mol. The Bertz CT molecular complexity index is 363. The van der Waals surface area contributed by atoms with Crippen LogP contribution in [0.15, 0.2) is 30.9 Å². The van der Waals surface area contributed by atoms with E-state index >= 15 is 0 Å². The molecule has 4 N–H and O–H groups in total. The lowest BCUT2D eigenvalue weighted by Gasteiger charge is -2.07. The molecule has 0 fully saturated rings. The summed E-state index contributed by atoms with van der Waals surface area (Å²) in [6, 6.07) is 6.90. The van der Waals surface area contributed by atoms with Gasteiger partial charge in [0.05, 0.1) is 5.56 Å². The molecule has 0 radical (unpaired) electrons. The average Bonchev–Trinajstić information content (AvgIpc) is 2.16. The molecular weight excluding hydrogens is 162 g/mol. The van der Waals surface area contributed by atoms with Crippen LogP contribution in [-0.4, -0.2) is 0 Å². The van der Waals surface area contributed by atoms with E-state index in [4.69, 9.17) is 16.7 Å². The quantitative estimate of drug-likeness (QED) is 0.523. The van der Waals surface area contributed by atoms with Crippen LogP contribution >= 0.6 is 0 Å². The summed E-state index contributed by atoms with van der Waals surface area (Å²) >= 11 is 0. The molecule has 1 atom stereocenters. The molecule has 0 saturated carbocycles. The van der Waals surface area contributed by atoms with Gasteiger partial charge < -0.3 is 11.5 Å². The minimum atomic E-state index is -0.227. The molecule has 0 unspecified atom stereocenters. The second kappa shape index (κ2) is 3.74. The Balaban J connectivity index is 3.11. The SMILES string of the molecule is C=C[C@@H](N)c1ccc(C#N)c(N)c1.